The summed E-state index contributed by atoms with van der Waals surface area (Å²) in [4.78, 5) is 14.5. The average Bonchev–Trinajstić information content (AvgIpc) is 2.92. The summed E-state index contributed by atoms with van der Waals surface area (Å²) in [6.07, 6.45) is 0.879. The summed E-state index contributed by atoms with van der Waals surface area (Å²) in [5.41, 5.74) is 1.14. The molecule has 20 heavy (non-hydrogen) atoms. The molecule has 0 aliphatic heterocycles. The average molecular weight is 294 g/mol. The maximum Gasteiger partial charge on any atom is 0.270 e. The molecule has 0 spiro atoms. The number of aryl methyl sites for hydroxylation is 1. The van der Waals surface area contributed by atoms with Crippen LogP contribution in [0.2, 0.25) is 0 Å². The second-order valence-electron chi connectivity index (χ2n) is 4.08. The predicted molar refractivity (Wildman–Crippen MR) is 74.8 cm³/mol. The third-order valence-electron chi connectivity index (χ3n) is 2.70. The van der Waals surface area contributed by atoms with Crippen molar-refractivity contribution < 1.29 is 14.8 Å². The fourth-order valence-corrected chi connectivity index (χ4v) is 2.40. The third-order valence-corrected chi connectivity index (χ3v) is 3.74. The van der Waals surface area contributed by atoms with Gasteiger partial charge in [-0.2, -0.15) is 0 Å². The largest absolute Gasteiger partial charge is 0.487 e. The Balaban J connectivity index is 2.10. The molecule has 1 N–H and O–H groups in total. The van der Waals surface area contributed by atoms with E-state index in [-0.39, 0.29) is 18.9 Å². The van der Waals surface area contributed by atoms with Crippen LogP contribution in [0.1, 0.15) is 23.2 Å². The van der Waals surface area contributed by atoms with E-state index in [2.05, 4.69) is 4.98 Å². The fraction of sp³-hybridized carbons (Fsp3) is 0.308. The number of thiazole rings is 1. The Morgan fingerprint density at radius 3 is 2.90 bits per heavy atom. The summed E-state index contributed by atoms with van der Waals surface area (Å²) in [5.74, 6) is 0.434. The van der Waals surface area contributed by atoms with Crippen LogP contribution in [0.15, 0.2) is 23.6 Å². The van der Waals surface area contributed by atoms with E-state index in [1.807, 2.05) is 12.3 Å². The highest BCUT2D eigenvalue weighted by Gasteiger charge is 2.11. The minimum atomic E-state index is -0.503. The zero-order valence-electron chi connectivity index (χ0n) is 10.9. The molecule has 0 saturated carbocycles. The number of rotatable bonds is 6. The lowest BCUT2D eigenvalue weighted by molar-refractivity contribution is -0.385. The minimum absolute atomic E-state index is 0.0664. The van der Waals surface area contributed by atoms with Gasteiger partial charge in [0.25, 0.3) is 5.69 Å². The number of hydrogen-bond acceptors (Lipinski definition) is 6. The van der Waals surface area contributed by atoms with Gasteiger partial charge in [-0.1, -0.05) is 6.92 Å². The highest BCUT2D eigenvalue weighted by Crippen LogP contribution is 2.25. The molecule has 106 valence electrons. The van der Waals surface area contributed by atoms with Gasteiger partial charge in [0.2, 0.25) is 0 Å². The number of nitro groups is 1. The molecule has 2 rings (SSSR count). The molecule has 0 bridgehead atoms. The fourth-order valence-electron chi connectivity index (χ4n) is 1.67. The van der Waals surface area contributed by atoms with Gasteiger partial charge in [-0.25, -0.2) is 4.98 Å². The maximum atomic E-state index is 10.7. The van der Waals surface area contributed by atoms with Gasteiger partial charge in [0, 0.05) is 23.1 Å². The monoisotopic (exact) mass is 294 g/mol. The zero-order chi connectivity index (χ0) is 14.5. The molecular formula is C13H14N2O4S. The number of benzene rings is 1. The lowest BCUT2D eigenvalue weighted by atomic mass is 10.2. The first-order chi connectivity index (χ1) is 9.63. The van der Waals surface area contributed by atoms with Gasteiger partial charge >= 0.3 is 0 Å². The van der Waals surface area contributed by atoms with E-state index in [0.29, 0.717) is 11.3 Å². The highest BCUT2D eigenvalue weighted by atomic mass is 32.1. The number of ether oxygens (including phenoxy) is 1. The van der Waals surface area contributed by atoms with Crippen LogP contribution < -0.4 is 4.74 Å². The smallest absolute Gasteiger partial charge is 0.270 e. The Morgan fingerprint density at radius 1 is 1.50 bits per heavy atom. The van der Waals surface area contributed by atoms with Crippen molar-refractivity contribution in [3.8, 4) is 5.75 Å². The Morgan fingerprint density at radius 2 is 2.30 bits per heavy atom. The lowest BCUT2D eigenvalue weighted by Gasteiger charge is -2.08. The molecule has 0 saturated heterocycles. The molecule has 0 radical (unpaired) electrons. The van der Waals surface area contributed by atoms with Crippen molar-refractivity contribution in [1.29, 1.82) is 0 Å². The number of aliphatic hydroxyl groups is 1. The van der Waals surface area contributed by atoms with Crippen LogP contribution in [0.5, 0.6) is 5.75 Å². The van der Waals surface area contributed by atoms with E-state index in [0.717, 1.165) is 17.1 Å². The van der Waals surface area contributed by atoms with Gasteiger partial charge in [-0.3, -0.25) is 10.1 Å². The number of nitro benzene ring substituents is 1. The van der Waals surface area contributed by atoms with Gasteiger partial charge in [0.05, 0.1) is 22.2 Å². The minimum Gasteiger partial charge on any atom is -0.487 e. The van der Waals surface area contributed by atoms with Crippen molar-refractivity contribution in [2.75, 3.05) is 0 Å². The van der Waals surface area contributed by atoms with Gasteiger partial charge < -0.3 is 9.84 Å². The topological polar surface area (TPSA) is 85.5 Å². The molecule has 1 aromatic heterocycles. The summed E-state index contributed by atoms with van der Waals surface area (Å²) in [7, 11) is 0. The number of aliphatic hydroxyl groups excluding tert-OH is 1. The third kappa shape index (κ3) is 3.31. The first kappa shape index (κ1) is 14.4. The molecule has 2 aromatic rings. The van der Waals surface area contributed by atoms with Crippen molar-refractivity contribution in [1.82, 2.24) is 4.98 Å². The first-order valence-corrected chi connectivity index (χ1v) is 6.96. The van der Waals surface area contributed by atoms with Crippen LogP contribution in [0, 0.1) is 10.1 Å². The Kier molecular flexibility index (Phi) is 4.65. The summed E-state index contributed by atoms with van der Waals surface area (Å²) in [6.45, 7) is 2.00. The summed E-state index contributed by atoms with van der Waals surface area (Å²) >= 11 is 1.57. The Labute approximate surface area is 119 Å². The number of hydrogen-bond donors (Lipinski definition) is 1. The van der Waals surface area contributed by atoms with Gasteiger partial charge in [0.15, 0.2) is 0 Å². The first-order valence-electron chi connectivity index (χ1n) is 6.08. The molecule has 0 aliphatic rings. The van der Waals surface area contributed by atoms with Crippen molar-refractivity contribution in [3.05, 3.63) is 50.0 Å². The van der Waals surface area contributed by atoms with Gasteiger partial charge in [0.1, 0.15) is 12.4 Å². The molecule has 0 aliphatic carbocycles. The van der Waals surface area contributed by atoms with Crippen LogP contribution in [0.25, 0.3) is 0 Å². The molecule has 1 heterocycles. The van der Waals surface area contributed by atoms with E-state index in [9.17, 15) is 15.2 Å². The second kappa shape index (κ2) is 6.44. The second-order valence-corrected chi connectivity index (χ2v) is 5.02. The van der Waals surface area contributed by atoms with Gasteiger partial charge in [-0.15, -0.1) is 11.3 Å². The van der Waals surface area contributed by atoms with Crippen LogP contribution in [0.4, 0.5) is 5.69 Å². The molecule has 1 aromatic carbocycles. The van der Waals surface area contributed by atoms with Crippen LogP contribution >= 0.6 is 11.3 Å². The molecule has 0 unspecified atom stereocenters. The molecular weight excluding hydrogens is 280 g/mol. The van der Waals surface area contributed by atoms with Crippen molar-refractivity contribution in [2.45, 2.75) is 26.6 Å². The van der Waals surface area contributed by atoms with Crippen molar-refractivity contribution in [3.63, 3.8) is 0 Å². The highest BCUT2D eigenvalue weighted by molar-refractivity contribution is 7.09. The number of non-ortho nitro benzene ring substituents is 1. The Bertz CT molecular complexity index is 612. The molecule has 0 fully saturated rings. The van der Waals surface area contributed by atoms with E-state index < -0.39 is 4.92 Å². The molecule has 7 heteroatoms. The van der Waals surface area contributed by atoms with E-state index in [4.69, 9.17) is 4.74 Å². The normalized spacial score (nSPS) is 10.5. The molecule has 0 atom stereocenters. The van der Waals surface area contributed by atoms with Crippen molar-refractivity contribution >= 4 is 17.0 Å². The van der Waals surface area contributed by atoms with Gasteiger partial charge in [-0.05, 0) is 12.5 Å². The summed E-state index contributed by atoms with van der Waals surface area (Å²) in [5, 5.41) is 22.9. The SMILES string of the molecule is CCc1nc(COc2ccc([N+](=O)[O-])cc2CO)cs1. The summed E-state index contributed by atoms with van der Waals surface area (Å²) in [6, 6.07) is 4.16. The zero-order valence-corrected chi connectivity index (χ0v) is 11.7. The number of nitrogens with zero attached hydrogens (tertiary/aromatic N) is 2. The maximum absolute atomic E-state index is 10.7. The van der Waals surface area contributed by atoms with E-state index in [1.54, 1.807) is 11.3 Å². The Hall–Kier alpha value is -1.99. The molecule has 0 amide bonds. The van der Waals surface area contributed by atoms with Crippen molar-refractivity contribution in [2.24, 2.45) is 0 Å². The summed E-state index contributed by atoms with van der Waals surface area (Å²) < 4.78 is 5.57. The quantitative estimate of drug-likeness (QED) is 0.654. The van der Waals surface area contributed by atoms with E-state index in [1.165, 1.54) is 18.2 Å². The van der Waals surface area contributed by atoms with Crippen LogP contribution in [-0.2, 0) is 19.6 Å². The van der Waals surface area contributed by atoms with Crippen LogP contribution in [0.3, 0.4) is 0 Å². The lowest BCUT2D eigenvalue weighted by Crippen LogP contribution is -2.00. The number of aromatic nitrogens is 1. The van der Waals surface area contributed by atoms with Crippen LogP contribution in [-0.4, -0.2) is 15.0 Å². The van der Waals surface area contributed by atoms with E-state index >= 15 is 0 Å². The predicted octanol–water partition coefficient (Wildman–Crippen LogP) is 2.69. The standard InChI is InChI=1S/C13H14N2O4S/c1-2-13-14-10(8-20-13)7-19-12-4-3-11(15(17)18)5-9(12)6-16/h3-5,8,16H,2,6-7H2,1H3. The molecule has 6 nitrogen and oxygen atoms in total.